The molecule has 0 heterocycles. The van der Waals surface area contributed by atoms with Crippen LogP contribution < -0.4 is 0 Å². The van der Waals surface area contributed by atoms with Crippen molar-refractivity contribution in [3.05, 3.63) is 48.0 Å². The number of aromatic hydroxyl groups is 1. The molecule has 2 rings (SSSR count). The predicted molar refractivity (Wildman–Crippen MR) is 75.5 cm³/mol. The van der Waals surface area contributed by atoms with Crippen molar-refractivity contribution in [2.45, 2.75) is 4.90 Å². The van der Waals surface area contributed by atoms with Crippen molar-refractivity contribution in [1.82, 2.24) is 0 Å². The first-order valence-corrected chi connectivity index (χ1v) is 7.27. The van der Waals surface area contributed by atoms with E-state index < -0.39 is 16.1 Å². The van der Waals surface area contributed by atoms with Crippen LogP contribution in [-0.4, -0.2) is 29.2 Å². The molecule has 22 heavy (non-hydrogen) atoms. The molecule has 8 nitrogen and oxygen atoms in total. The second kappa shape index (κ2) is 5.92. The van der Waals surface area contributed by atoms with Gasteiger partial charge in [-0.2, -0.15) is 18.6 Å². The van der Waals surface area contributed by atoms with E-state index in [0.29, 0.717) is 5.69 Å². The molecule has 0 aromatic heterocycles. The monoisotopic (exact) mass is 322 g/mol. The summed E-state index contributed by atoms with van der Waals surface area (Å²) in [4.78, 5) is 10.6. The zero-order valence-electron chi connectivity index (χ0n) is 10.9. The molecule has 0 fully saturated rings. The van der Waals surface area contributed by atoms with E-state index in [4.69, 9.17) is 9.66 Å². The number of carboxylic acids is 1. The summed E-state index contributed by atoms with van der Waals surface area (Å²) in [5.74, 6) is -1.68. The van der Waals surface area contributed by atoms with E-state index in [9.17, 15) is 18.3 Å². The van der Waals surface area contributed by atoms with Crippen molar-refractivity contribution in [2.24, 2.45) is 10.2 Å². The maximum absolute atomic E-state index is 10.9. The van der Waals surface area contributed by atoms with Crippen LogP contribution in [0.25, 0.3) is 0 Å². The Bertz CT molecular complexity index is 843. The Labute approximate surface area is 125 Å². The van der Waals surface area contributed by atoms with E-state index in [2.05, 4.69) is 10.2 Å². The molecule has 0 aliphatic rings. The van der Waals surface area contributed by atoms with Gasteiger partial charge in [-0.25, -0.2) is 4.79 Å². The molecule has 0 amide bonds. The molecule has 0 saturated heterocycles. The van der Waals surface area contributed by atoms with Gasteiger partial charge in [0.25, 0.3) is 10.1 Å². The lowest BCUT2D eigenvalue weighted by molar-refractivity contribution is 0.0693. The van der Waals surface area contributed by atoms with Crippen LogP contribution >= 0.6 is 0 Å². The summed E-state index contributed by atoms with van der Waals surface area (Å²) in [7, 11) is -4.27. The summed E-state index contributed by atoms with van der Waals surface area (Å²) in [6, 6.07) is 8.66. The smallest absolute Gasteiger partial charge is 0.339 e. The standard InChI is InChI=1S/C13H10N2O6S/c16-12-6-3-9(7-11(12)13(17)18)15-14-8-1-4-10(5-2-8)22(19,20)21/h1-7,16H,(H,17,18)(H,19,20,21)/b15-14+. The lowest BCUT2D eigenvalue weighted by atomic mass is 10.2. The normalized spacial score (nSPS) is 11.7. The van der Waals surface area contributed by atoms with Gasteiger partial charge >= 0.3 is 5.97 Å². The largest absolute Gasteiger partial charge is 0.507 e. The molecular formula is C13H10N2O6S. The van der Waals surface area contributed by atoms with Crippen LogP contribution in [0, 0.1) is 0 Å². The molecule has 0 aliphatic heterocycles. The Morgan fingerprint density at radius 2 is 1.50 bits per heavy atom. The predicted octanol–water partition coefficient (Wildman–Crippen LogP) is 2.75. The topological polar surface area (TPSA) is 137 Å². The molecule has 9 heteroatoms. The Kier molecular flexibility index (Phi) is 4.20. The lowest BCUT2D eigenvalue weighted by Gasteiger charge is -2.00. The quantitative estimate of drug-likeness (QED) is 0.584. The van der Waals surface area contributed by atoms with E-state index >= 15 is 0 Å². The van der Waals surface area contributed by atoms with Crippen molar-refractivity contribution in [1.29, 1.82) is 0 Å². The van der Waals surface area contributed by atoms with Crippen LogP contribution in [-0.2, 0) is 10.1 Å². The van der Waals surface area contributed by atoms with Gasteiger partial charge in [0, 0.05) is 0 Å². The van der Waals surface area contributed by atoms with Crippen LogP contribution in [0.5, 0.6) is 5.75 Å². The molecule has 0 saturated carbocycles. The van der Waals surface area contributed by atoms with E-state index in [1.54, 1.807) is 0 Å². The molecule has 0 aliphatic carbocycles. The van der Waals surface area contributed by atoms with Crippen molar-refractivity contribution < 1.29 is 28.0 Å². The molecule has 0 bridgehead atoms. The minimum atomic E-state index is -4.27. The van der Waals surface area contributed by atoms with Gasteiger partial charge in [0.15, 0.2) is 0 Å². The van der Waals surface area contributed by atoms with Crippen molar-refractivity contribution in [3.8, 4) is 5.75 Å². The highest BCUT2D eigenvalue weighted by Gasteiger charge is 2.10. The number of rotatable bonds is 4. The average Bonchev–Trinajstić information content (AvgIpc) is 2.45. The summed E-state index contributed by atoms with van der Waals surface area (Å²) >= 11 is 0. The molecule has 0 unspecified atom stereocenters. The summed E-state index contributed by atoms with van der Waals surface area (Å²) in [5.41, 5.74) is 0.199. The Balaban J connectivity index is 2.25. The fraction of sp³-hybridized carbons (Fsp3) is 0. The molecule has 3 N–H and O–H groups in total. The molecule has 0 spiro atoms. The molecular weight excluding hydrogens is 312 g/mol. The van der Waals surface area contributed by atoms with Gasteiger partial charge in [0.1, 0.15) is 11.3 Å². The minimum Gasteiger partial charge on any atom is -0.507 e. The highest BCUT2D eigenvalue weighted by molar-refractivity contribution is 7.85. The summed E-state index contributed by atoms with van der Waals surface area (Å²) in [6.45, 7) is 0. The summed E-state index contributed by atoms with van der Waals surface area (Å²) in [6.07, 6.45) is 0. The second-order valence-electron chi connectivity index (χ2n) is 4.18. The van der Waals surface area contributed by atoms with Gasteiger partial charge in [-0.1, -0.05) is 0 Å². The van der Waals surface area contributed by atoms with E-state index in [-0.39, 0.29) is 21.9 Å². The minimum absolute atomic E-state index is 0.203. The third-order valence-electron chi connectivity index (χ3n) is 2.63. The average molecular weight is 322 g/mol. The number of aromatic carboxylic acids is 1. The third-order valence-corrected chi connectivity index (χ3v) is 3.49. The van der Waals surface area contributed by atoms with Gasteiger partial charge in [-0.05, 0) is 42.5 Å². The van der Waals surface area contributed by atoms with Crippen LogP contribution in [0.4, 0.5) is 11.4 Å². The fourth-order valence-electron chi connectivity index (χ4n) is 1.56. The second-order valence-corrected chi connectivity index (χ2v) is 5.60. The summed E-state index contributed by atoms with van der Waals surface area (Å²) < 4.78 is 30.6. The summed E-state index contributed by atoms with van der Waals surface area (Å²) in [5, 5.41) is 25.8. The van der Waals surface area contributed by atoms with Crippen LogP contribution in [0.15, 0.2) is 57.6 Å². The van der Waals surface area contributed by atoms with Crippen molar-refractivity contribution >= 4 is 27.5 Å². The van der Waals surface area contributed by atoms with E-state index in [0.717, 1.165) is 18.2 Å². The maximum atomic E-state index is 10.9. The number of azo groups is 1. The van der Waals surface area contributed by atoms with E-state index in [1.807, 2.05) is 0 Å². The van der Waals surface area contributed by atoms with Crippen LogP contribution in [0.3, 0.4) is 0 Å². The number of hydrogen-bond acceptors (Lipinski definition) is 6. The highest BCUT2D eigenvalue weighted by atomic mass is 32.2. The number of phenols is 1. The molecule has 2 aromatic carbocycles. The number of carboxylic acid groups (broad SMARTS) is 1. The number of nitrogens with zero attached hydrogens (tertiary/aromatic N) is 2. The van der Waals surface area contributed by atoms with Gasteiger partial charge in [-0.3, -0.25) is 4.55 Å². The SMILES string of the molecule is O=C(O)c1cc(/N=N/c2ccc(S(=O)(=O)O)cc2)ccc1O. The maximum Gasteiger partial charge on any atom is 0.339 e. The molecule has 2 aromatic rings. The van der Waals surface area contributed by atoms with Gasteiger partial charge < -0.3 is 10.2 Å². The molecule has 0 atom stereocenters. The zero-order valence-corrected chi connectivity index (χ0v) is 11.7. The van der Waals surface area contributed by atoms with Crippen molar-refractivity contribution in [3.63, 3.8) is 0 Å². The number of benzene rings is 2. The fourth-order valence-corrected chi connectivity index (χ4v) is 2.04. The molecule has 0 radical (unpaired) electrons. The number of hydrogen-bond donors (Lipinski definition) is 3. The number of carbonyl (C=O) groups is 1. The Morgan fingerprint density at radius 3 is 2.05 bits per heavy atom. The van der Waals surface area contributed by atoms with Crippen LogP contribution in [0.2, 0.25) is 0 Å². The first kappa shape index (κ1) is 15.6. The Morgan fingerprint density at radius 1 is 0.955 bits per heavy atom. The zero-order chi connectivity index (χ0) is 16.3. The van der Waals surface area contributed by atoms with Crippen LogP contribution in [0.1, 0.15) is 10.4 Å². The van der Waals surface area contributed by atoms with Gasteiger partial charge in [0.05, 0.1) is 16.3 Å². The highest BCUT2D eigenvalue weighted by Crippen LogP contribution is 2.25. The first-order chi connectivity index (χ1) is 10.3. The van der Waals surface area contributed by atoms with Gasteiger partial charge in [-0.15, -0.1) is 0 Å². The first-order valence-electron chi connectivity index (χ1n) is 5.83. The Hall–Kier alpha value is -2.78. The third kappa shape index (κ3) is 3.65. The van der Waals surface area contributed by atoms with Crippen molar-refractivity contribution in [2.75, 3.05) is 0 Å². The van der Waals surface area contributed by atoms with Gasteiger partial charge in [0.2, 0.25) is 0 Å². The molecule has 114 valence electrons. The van der Waals surface area contributed by atoms with E-state index in [1.165, 1.54) is 24.3 Å². The lowest BCUT2D eigenvalue weighted by Crippen LogP contribution is -1.96.